The summed E-state index contributed by atoms with van der Waals surface area (Å²) in [5.74, 6) is -0.649. The van der Waals surface area contributed by atoms with Gasteiger partial charge in [0.25, 0.3) is 0 Å². The molecule has 0 amide bonds. The molecule has 4 aliphatic rings. The third-order valence-electron chi connectivity index (χ3n) is 18.8. The van der Waals surface area contributed by atoms with Gasteiger partial charge in [-0.1, -0.05) is 231 Å². The SMILES string of the molecule is Fc1ccccc1N(c1cccc2c1-c1ccccc1C21c2ccccc2-c2ccccc21)c1ccc2ccc3c(N(c4ccccc4F)c4cccc5c4-c4ccccc4C54c5ccccc5-c5ccccc54)ccc4ccc1c2c43. The molecule has 14 aromatic rings. The molecular formula is C78H46F2N2. The quantitative estimate of drug-likeness (QED) is 0.153. The van der Waals surface area contributed by atoms with Crippen LogP contribution >= 0.6 is 0 Å². The first-order chi connectivity index (χ1) is 40.6. The summed E-state index contributed by atoms with van der Waals surface area (Å²) in [6.45, 7) is 0. The lowest BCUT2D eigenvalue weighted by Crippen LogP contribution is -2.26. The number of nitrogens with zero attached hydrogens (tertiary/aromatic N) is 2. The van der Waals surface area contributed by atoms with Gasteiger partial charge in [-0.2, -0.15) is 0 Å². The van der Waals surface area contributed by atoms with Crippen molar-refractivity contribution in [1.29, 1.82) is 0 Å². The number of benzene rings is 14. The van der Waals surface area contributed by atoms with E-state index < -0.39 is 10.8 Å². The maximum atomic E-state index is 17.2. The number of hydrogen-bond donors (Lipinski definition) is 0. The molecule has 0 radical (unpaired) electrons. The smallest absolute Gasteiger partial charge is 0.147 e. The van der Waals surface area contributed by atoms with E-state index in [0.717, 1.165) is 77.3 Å². The number of rotatable bonds is 6. The van der Waals surface area contributed by atoms with Crippen molar-refractivity contribution in [2.45, 2.75) is 10.8 Å². The molecule has 382 valence electrons. The number of halogens is 2. The molecule has 0 N–H and O–H groups in total. The van der Waals surface area contributed by atoms with Crippen LogP contribution in [-0.2, 0) is 10.8 Å². The second-order valence-electron chi connectivity index (χ2n) is 22.3. The van der Waals surface area contributed by atoms with Gasteiger partial charge in [0.1, 0.15) is 11.6 Å². The van der Waals surface area contributed by atoms with Crippen LogP contribution in [0.15, 0.2) is 279 Å². The monoisotopic (exact) mass is 1050 g/mol. The maximum absolute atomic E-state index is 17.2. The number of anilines is 6. The summed E-state index contributed by atoms with van der Waals surface area (Å²) >= 11 is 0. The first kappa shape index (κ1) is 45.4. The fourth-order valence-corrected chi connectivity index (χ4v) is 15.8. The molecule has 0 heterocycles. The lowest BCUT2D eigenvalue weighted by atomic mass is 9.70. The minimum absolute atomic E-state index is 0.325. The molecule has 0 aromatic heterocycles. The topological polar surface area (TPSA) is 6.48 Å². The first-order valence-corrected chi connectivity index (χ1v) is 28.2. The molecule has 0 aliphatic heterocycles. The average molecular weight is 1050 g/mol. The zero-order chi connectivity index (χ0) is 54.0. The van der Waals surface area contributed by atoms with Crippen molar-refractivity contribution in [1.82, 2.24) is 0 Å². The predicted molar refractivity (Wildman–Crippen MR) is 332 cm³/mol. The standard InChI is InChI=1S/C78H46F2N2/c79-65-33-13-15-35-69(65)81(71-37-17-31-63-75(71)53-23-5-11-29-61(53)77(63)57-25-7-1-19-49(57)50-20-2-8-26-58(50)77)67-45-41-47-40-44-56-68(46-42-48-39-43-55(67)73(47)74(48)56)82(70-36-16-14-34-66(70)80)72-38-18-32-64-76(72)54-24-6-12-30-62(54)78(64)59-27-9-3-21-51(59)52-22-4-10-28-60(52)78/h1-46H. The molecule has 2 nitrogen and oxygen atoms in total. The third-order valence-corrected chi connectivity index (χ3v) is 18.8. The molecular weight excluding hydrogens is 1000 g/mol. The largest absolute Gasteiger partial charge is 0.306 e. The fourth-order valence-electron chi connectivity index (χ4n) is 15.8. The lowest BCUT2D eigenvalue weighted by molar-refractivity contribution is 0.628. The van der Waals surface area contributed by atoms with Crippen LogP contribution in [0.5, 0.6) is 0 Å². The van der Waals surface area contributed by atoms with Crippen LogP contribution in [0.4, 0.5) is 42.9 Å². The molecule has 82 heavy (non-hydrogen) atoms. The summed E-state index contributed by atoms with van der Waals surface area (Å²) in [4.78, 5) is 4.32. The second kappa shape index (κ2) is 16.6. The van der Waals surface area contributed by atoms with Crippen molar-refractivity contribution in [3.63, 3.8) is 0 Å². The van der Waals surface area contributed by atoms with E-state index in [1.165, 1.54) is 66.8 Å². The molecule has 0 unspecified atom stereocenters. The number of fused-ring (bicyclic) bond motifs is 20. The Bertz CT molecular complexity index is 4660. The fraction of sp³-hybridized carbons (Fsp3) is 0.0256. The highest BCUT2D eigenvalue weighted by molar-refractivity contribution is 6.28. The molecule has 0 saturated heterocycles. The molecule has 18 rings (SSSR count). The van der Waals surface area contributed by atoms with E-state index in [0.29, 0.717) is 11.4 Å². The van der Waals surface area contributed by atoms with Crippen molar-refractivity contribution in [2.75, 3.05) is 9.80 Å². The van der Waals surface area contributed by atoms with Gasteiger partial charge in [-0.25, -0.2) is 8.78 Å². The number of hydrogen-bond acceptors (Lipinski definition) is 2. The highest BCUT2D eigenvalue weighted by Crippen LogP contribution is 2.67. The van der Waals surface area contributed by atoms with Gasteiger partial charge in [0, 0.05) is 21.9 Å². The van der Waals surface area contributed by atoms with E-state index in [1.807, 2.05) is 24.3 Å². The Morgan fingerprint density at radius 2 is 0.500 bits per heavy atom. The Labute approximate surface area is 473 Å². The van der Waals surface area contributed by atoms with Crippen molar-refractivity contribution in [3.8, 4) is 44.5 Å². The maximum Gasteiger partial charge on any atom is 0.147 e. The summed E-state index contributed by atoms with van der Waals surface area (Å²) in [5.41, 5.74) is 22.3. The highest BCUT2D eigenvalue weighted by Gasteiger charge is 2.54. The van der Waals surface area contributed by atoms with Gasteiger partial charge in [-0.3, -0.25) is 0 Å². The van der Waals surface area contributed by atoms with Gasteiger partial charge in [0.2, 0.25) is 0 Å². The van der Waals surface area contributed by atoms with Gasteiger partial charge < -0.3 is 9.80 Å². The summed E-state index contributed by atoms with van der Waals surface area (Å²) in [6.07, 6.45) is 0. The van der Waals surface area contributed by atoms with Crippen molar-refractivity contribution < 1.29 is 8.78 Å². The number of para-hydroxylation sites is 2. The zero-order valence-corrected chi connectivity index (χ0v) is 44.2. The van der Waals surface area contributed by atoms with Crippen molar-refractivity contribution >= 4 is 66.4 Å². The zero-order valence-electron chi connectivity index (χ0n) is 44.2. The molecule has 0 saturated carbocycles. The van der Waals surface area contributed by atoms with Crippen LogP contribution in [0, 0.1) is 11.6 Å². The van der Waals surface area contributed by atoms with Crippen LogP contribution in [-0.4, -0.2) is 0 Å². The van der Waals surface area contributed by atoms with Gasteiger partial charge in [0.05, 0.1) is 45.0 Å². The predicted octanol–water partition coefficient (Wildman–Crippen LogP) is 20.5. The molecule has 0 atom stereocenters. The van der Waals surface area contributed by atoms with Crippen LogP contribution in [0.25, 0.3) is 76.8 Å². The molecule has 14 aromatic carbocycles. The normalized spacial score (nSPS) is 13.9. The van der Waals surface area contributed by atoms with E-state index in [1.54, 1.807) is 24.3 Å². The lowest BCUT2D eigenvalue weighted by Gasteiger charge is -2.33. The summed E-state index contributed by atoms with van der Waals surface area (Å²) in [5, 5.41) is 6.15. The van der Waals surface area contributed by atoms with E-state index >= 15 is 8.78 Å². The third kappa shape index (κ3) is 5.61. The molecule has 0 fully saturated rings. The van der Waals surface area contributed by atoms with Crippen LogP contribution in [0.1, 0.15) is 44.5 Å². The molecule has 4 heteroatoms. The molecule has 4 aliphatic carbocycles. The van der Waals surface area contributed by atoms with Gasteiger partial charge in [-0.05, 0) is 148 Å². The van der Waals surface area contributed by atoms with Crippen LogP contribution in [0.3, 0.4) is 0 Å². The van der Waals surface area contributed by atoms with Gasteiger partial charge in [0.15, 0.2) is 0 Å². The van der Waals surface area contributed by atoms with E-state index in [2.05, 4.69) is 240 Å². The minimum Gasteiger partial charge on any atom is -0.306 e. The Hall–Kier alpha value is -10.4. The molecule has 2 spiro atoms. The average Bonchev–Trinajstić information content (AvgIpc) is 1.84. The Kier molecular flexibility index (Phi) is 9.19. The van der Waals surface area contributed by atoms with Crippen molar-refractivity contribution in [2.24, 2.45) is 0 Å². The van der Waals surface area contributed by atoms with Crippen LogP contribution in [0.2, 0.25) is 0 Å². The van der Waals surface area contributed by atoms with Crippen molar-refractivity contribution in [3.05, 3.63) is 335 Å². The van der Waals surface area contributed by atoms with E-state index in [9.17, 15) is 0 Å². The van der Waals surface area contributed by atoms with Crippen LogP contribution < -0.4 is 9.80 Å². The van der Waals surface area contributed by atoms with E-state index in [-0.39, 0.29) is 11.6 Å². The van der Waals surface area contributed by atoms with Gasteiger partial charge in [-0.15, -0.1) is 0 Å². The van der Waals surface area contributed by atoms with Gasteiger partial charge >= 0.3 is 0 Å². The first-order valence-electron chi connectivity index (χ1n) is 28.2. The Balaban J connectivity index is 0.890. The highest BCUT2D eigenvalue weighted by atomic mass is 19.1. The Morgan fingerprint density at radius 1 is 0.220 bits per heavy atom. The molecule has 0 bridgehead atoms. The Morgan fingerprint density at radius 3 is 0.866 bits per heavy atom. The summed E-state index contributed by atoms with van der Waals surface area (Å²) in [7, 11) is 0. The van der Waals surface area contributed by atoms with E-state index in [4.69, 9.17) is 0 Å². The summed E-state index contributed by atoms with van der Waals surface area (Å²) < 4.78 is 34.4. The second-order valence-corrected chi connectivity index (χ2v) is 22.3. The minimum atomic E-state index is -0.590. The summed E-state index contributed by atoms with van der Waals surface area (Å²) in [6, 6.07) is 98.0.